The Kier molecular flexibility index (Phi) is 10.3. The van der Waals surface area contributed by atoms with Gasteiger partial charge >= 0.3 is 6.18 Å². The van der Waals surface area contributed by atoms with Crippen LogP contribution in [0.2, 0.25) is 0 Å². The van der Waals surface area contributed by atoms with Gasteiger partial charge in [0, 0.05) is 0 Å². The Balaban J connectivity index is 4.66. The van der Waals surface area contributed by atoms with E-state index >= 15 is 0 Å². The molecule has 1 N–H and O–H groups in total. The Morgan fingerprint density at radius 3 is 1.48 bits per heavy atom. The second kappa shape index (κ2) is 10.5. The summed E-state index contributed by atoms with van der Waals surface area (Å²) in [5.41, 5.74) is -2.51. The third-order valence-electron chi connectivity index (χ3n) is 4.52. The standard InChI is InChI=1S/C17H33F3O/c1-4-7-9-11-13-15(14-12-10-8-5-2)16(21,6-3)17(18,19)20/h15,21H,4-14H2,1-3H3. The number of hydrogen-bond acceptors (Lipinski definition) is 1. The van der Waals surface area contributed by atoms with Gasteiger partial charge in [0.25, 0.3) is 0 Å². The van der Waals surface area contributed by atoms with Crippen LogP contribution in [-0.4, -0.2) is 16.9 Å². The van der Waals surface area contributed by atoms with Gasteiger partial charge in [-0.05, 0) is 25.2 Å². The van der Waals surface area contributed by atoms with E-state index in [0.717, 1.165) is 51.4 Å². The molecule has 0 aromatic heterocycles. The zero-order chi connectivity index (χ0) is 16.4. The molecule has 0 saturated carbocycles. The molecule has 0 aromatic rings. The largest absolute Gasteiger partial charge is 0.417 e. The average Bonchev–Trinajstić information content (AvgIpc) is 2.43. The van der Waals surface area contributed by atoms with Crippen LogP contribution in [0.15, 0.2) is 0 Å². The number of halogens is 3. The van der Waals surface area contributed by atoms with Gasteiger partial charge in [-0.25, -0.2) is 0 Å². The zero-order valence-corrected chi connectivity index (χ0v) is 13.9. The minimum absolute atomic E-state index is 0.247. The Labute approximate surface area is 128 Å². The van der Waals surface area contributed by atoms with E-state index in [4.69, 9.17) is 0 Å². The number of aliphatic hydroxyl groups is 1. The molecule has 0 amide bonds. The van der Waals surface area contributed by atoms with Gasteiger partial charge in [-0.1, -0.05) is 72.1 Å². The molecule has 1 atom stereocenters. The molecule has 128 valence electrons. The van der Waals surface area contributed by atoms with Crippen molar-refractivity contribution in [2.24, 2.45) is 5.92 Å². The number of hydrogen-bond donors (Lipinski definition) is 1. The van der Waals surface area contributed by atoms with E-state index in [9.17, 15) is 18.3 Å². The summed E-state index contributed by atoms with van der Waals surface area (Å²) < 4.78 is 39.8. The fourth-order valence-electron chi connectivity index (χ4n) is 2.98. The molecule has 0 spiro atoms. The lowest BCUT2D eigenvalue weighted by Gasteiger charge is -2.37. The van der Waals surface area contributed by atoms with Gasteiger partial charge in [0.2, 0.25) is 0 Å². The second-order valence-corrected chi connectivity index (χ2v) is 6.17. The van der Waals surface area contributed by atoms with Gasteiger partial charge in [0.15, 0.2) is 5.60 Å². The van der Waals surface area contributed by atoms with Crippen LogP contribution in [0.25, 0.3) is 0 Å². The third-order valence-corrected chi connectivity index (χ3v) is 4.52. The first kappa shape index (κ1) is 20.8. The summed E-state index contributed by atoms with van der Waals surface area (Å²) in [6.07, 6.45) is 3.92. The zero-order valence-electron chi connectivity index (χ0n) is 13.9. The Morgan fingerprint density at radius 1 is 0.762 bits per heavy atom. The molecule has 1 nitrogen and oxygen atoms in total. The van der Waals surface area contributed by atoms with Gasteiger partial charge in [0.1, 0.15) is 0 Å². The topological polar surface area (TPSA) is 20.2 Å². The lowest BCUT2D eigenvalue weighted by Crippen LogP contribution is -2.51. The van der Waals surface area contributed by atoms with Crippen LogP contribution in [-0.2, 0) is 0 Å². The summed E-state index contributed by atoms with van der Waals surface area (Å²) in [4.78, 5) is 0. The van der Waals surface area contributed by atoms with Crippen molar-refractivity contribution in [2.45, 2.75) is 103 Å². The van der Waals surface area contributed by atoms with E-state index in [1.165, 1.54) is 6.92 Å². The number of unbranched alkanes of at least 4 members (excludes halogenated alkanes) is 6. The van der Waals surface area contributed by atoms with Gasteiger partial charge in [-0.3, -0.25) is 0 Å². The maximum Gasteiger partial charge on any atom is 0.417 e. The highest BCUT2D eigenvalue weighted by Crippen LogP contribution is 2.43. The molecule has 0 aliphatic rings. The highest BCUT2D eigenvalue weighted by molar-refractivity contribution is 4.92. The van der Waals surface area contributed by atoms with Crippen LogP contribution in [0.3, 0.4) is 0 Å². The second-order valence-electron chi connectivity index (χ2n) is 6.17. The normalized spacial score (nSPS) is 15.4. The van der Waals surface area contributed by atoms with Crippen LogP contribution in [0, 0.1) is 5.92 Å². The highest BCUT2D eigenvalue weighted by Gasteiger charge is 2.56. The molecule has 0 fully saturated rings. The molecule has 0 radical (unpaired) electrons. The van der Waals surface area contributed by atoms with E-state index in [2.05, 4.69) is 13.8 Å². The van der Waals surface area contributed by atoms with Crippen molar-refractivity contribution < 1.29 is 18.3 Å². The first-order valence-electron chi connectivity index (χ1n) is 8.62. The van der Waals surface area contributed by atoms with Crippen molar-refractivity contribution in [1.29, 1.82) is 0 Å². The van der Waals surface area contributed by atoms with Crippen molar-refractivity contribution in [2.75, 3.05) is 0 Å². The van der Waals surface area contributed by atoms with E-state index in [1.54, 1.807) is 0 Å². The van der Waals surface area contributed by atoms with Crippen molar-refractivity contribution in [3.8, 4) is 0 Å². The molecule has 0 aromatic carbocycles. The SMILES string of the molecule is CCCCCCC(CCCCCC)C(O)(CC)C(F)(F)F. The van der Waals surface area contributed by atoms with Gasteiger partial charge < -0.3 is 5.11 Å². The number of rotatable bonds is 12. The highest BCUT2D eigenvalue weighted by atomic mass is 19.4. The predicted molar refractivity (Wildman–Crippen MR) is 82.3 cm³/mol. The maximum atomic E-state index is 13.3. The summed E-state index contributed by atoms with van der Waals surface area (Å²) >= 11 is 0. The maximum absolute atomic E-state index is 13.3. The van der Waals surface area contributed by atoms with Crippen molar-refractivity contribution in [3.05, 3.63) is 0 Å². The number of alkyl halides is 3. The van der Waals surface area contributed by atoms with Gasteiger partial charge in [-0.15, -0.1) is 0 Å². The lowest BCUT2D eigenvalue weighted by molar-refractivity contribution is -0.282. The molecular formula is C17H33F3O. The summed E-state index contributed by atoms with van der Waals surface area (Å²) in [7, 11) is 0. The van der Waals surface area contributed by atoms with Crippen LogP contribution < -0.4 is 0 Å². The molecule has 4 heteroatoms. The first-order chi connectivity index (χ1) is 9.83. The fourth-order valence-corrected chi connectivity index (χ4v) is 2.98. The average molecular weight is 310 g/mol. The van der Waals surface area contributed by atoms with Crippen LogP contribution in [0.4, 0.5) is 13.2 Å². The minimum atomic E-state index is -4.53. The van der Waals surface area contributed by atoms with Crippen LogP contribution in [0.1, 0.15) is 91.4 Å². The van der Waals surface area contributed by atoms with Crippen LogP contribution >= 0.6 is 0 Å². The molecule has 0 heterocycles. The third kappa shape index (κ3) is 7.03. The Morgan fingerprint density at radius 2 is 1.19 bits per heavy atom. The molecule has 0 aliphatic carbocycles. The van der Waals surface area contributed by atoms with Crippen LogP contribution in [0.5, 0.6) is 0 Å². The van der Waals surface area contributed by atoms with Gasteiger partial charge in [-0.2, -0.15) is 13.2 Å². The van der Waals surface area contributed by atoms with E-state index in [1.807, 2.05) is 0 Å². The van der Waals surface area contributed by atoms with E-state index in [-0.39, 0.29) is 6.42 Å². The monoisotopic (exact) mass is 310 g/mol. The quantitative estimate of drug-likeness (QED) is 0.423. The molecular weight excluding hydrogens is 277 g/mol. The molecule has 0 saturated heterocycles. The minimum Gasteiger partial charge on any atom is -0.380 e. The van der Waals surface area contributed by atoms with E-state index in [0.29, 0.717) is 12.8 Å². The van der Waals surface area contributed by atoms with Crippen molar-refractivity contribution >= 4 is 0 Å². The smallest absolute Gasteiger partial charge is 0.380 e. The summed E-state index contributed by atoms with van der Waals surface area (Å²) in [6, 6.07) is 0. The van der Waals surface area contributed by atoms with E-state index < -0.39 is 17.7 Å². The first-order valence-corrected chi connectivity index (χ1v) is 8.62. The van der Waals surface area contributed by atoms with Gasteiger partial charge in [0.05, 0.1) is 0 Å². The van der Waals surface area contributed by atoms with Crippen molar-refractivity contribution in [3.63, 3.8) is 0 Å². The molecule has 21 heavy (non-hydrogen) atoms. The fraction of sp³-hybridized carbons (Fsp3) is 1.00. The Hall–Kier alpha value is -0.250. The summed E-state index contributed by atoms with van der Waals surface area (Å²) in [5, 5.41) is 10.2. The summed E-state index contributed by atoms with van der Waals surface area (Å²) in [6.45, 7) is 5.61. The molecule has 0 aliphatic heterocycles. The summed E-state index contributed by atoms with van der Waals surface area (Å²) in [5.74, 6) is -0.656. The predicted octanol–water partition coefficient (Wildman–Crippen LogP) is 6.25. The lowest BCUT2D eigenvalue weighted by atomic mass is 9.78. The molecule has 0 rings (SSSR count). The molecule has 0 bridgehead atoms. The molecule has 1 unspecified atom stereocenters. The Bertz CT molecular complexity index is 241. The van der Waals surface area contributed by atoms with Crippen molar-refractivity contribution in [1.82, 2.24) is 0 Å².